The van der Waals surface area contributed by atoms with Crippen molar-refractivity contribution in [3.05, 3.63) is 83.4 Å². The number of benzene rings is 3. The van der Waals surface area contributed by atoms with Crippen LogP contribution in [0.25, 0.3) is 0 Å². The molecule has 3 amide bonds. The molecule has 3 aromatic carbocycles. The van der Waals surface area contributed by atoms with Gasteiger partial charge in [0.1, 0.15) is 16.4 Å². The SMILES string of the molecule is CCOc1ccccc1C1(NC(=O)N2CCC(N3CCN(C(C)C)CC3)CC2)C(=O)N(S(=O)(=O)c2ccccc2OC)c2ccc(C#N)cc21. The number of amides is 3. The molecule has 3 heterocycles. The van der Waals surface area contributed by atoms with E-state index >= 15 is 4.79 Å². The quantitative estimate of drug-likeness (QED) is 0.350. The highest BCUT2D eigenvalue weighted by atomic mass is 32.2. The van der Waals surface area contributed by atoms with E-state index < -0.39 is 27.5 Å². The lowest BCUT2D eigenvalue weighted by Crippen LogP contribution is -2.60. The van der Waals surface area contributed by atoms with Gasteiger partial charge in [-0.05, 0) is 70.0 Å². The molecule has 2 saturated heterocycles. The van der Waals surface area contributed by atoms with Crippen LogP contribution in [0.3, 0.4) is 0 Å². The van der Waals surface area contributed by atoms with Crippen molar-refractivity contribution in [3.8, 4) is 17.6 Å². The number of nitrogens with one attached hydrogen (secondary N) is 1. The fraction of sp³-hybridized carbons (Fsp3) is 0.432. The van der Waals surface area contributed by atoms with Crippen LogP contribution in [0.4, 0.5) is 10.5 Å². The smallest absolute Gasteiger partial charge is 0.318 e. The Kier molecular flexibility index (Phi) is 10.1. The van der Waals surface area contributed by atoms with E-state index in [0.717, 1.165) is 39.0 Å². The number of carbonyl (C=O) groups excluding carboxylic acids is 2. The zero-order chi connectivity index (χ0) is 35.6. The molecule has 13 heteroatoms. The Balaban J connectivity index is 1.40. The summed E-state index contributed by atoms with van der Waals surface area (Å²) in [6.45, 7) is 11.4. The maximum atomic E-state index is 15.1. The minimum Gasteiger partial charge on any atom is -0.495 e. The third kappa shape index (κ3) is 6.16. The minimum atomic E-state index is -4.60. The molecule has 1 N–H and O–H groups in total. The van der Waals surface area contributed by atoms with E-state index in [0.29, 0.717) is 35.2 Å². The summed E-state index contributed by atoms with van der Waals surface area (Å²) >= 11 is 0. The molecule has 6 rings (SSSR count). The Morgan fingerprint density at radius 1 is 0.960 bits per heavy atom. The van der Waals surface area contributed by atoms with Crippen molar-refractivity contribution in [2.24, 2.45) is 0 Å². The van der Waals surface area contributed by atoms with Crippen LogP contribution in [0, 0.1) is 11.3 Å². The Bertz CT molecular complexity index is 1900. The lowest BCUT2D eigenvalue weighted by Gasteiger charge is -2.44. The van der Waals surface area contributed by atoms with Crippen molar-refractivity contribution < 1.29 is 27.5 Å². The number of nitriles is 1. The summed E-state index contributed by atoms with van der Waals surface area (Å²) in [5.74, 6) is -0.570. The van der Waals surface area contributed by atoms with E-state index in [9.17, 15) is 18.5 Å². The zero-order valence-electron chi connectivity index (χ0n) is 29.0. The number of methoxy groups -OCH3 is 1. The van der Waals surface area contributed by atoms with E-state index in [-0.39, 0.29) is 39.6 Å². The van der Waals surface area contributed by atoms with Gasteiger partial charge in [0, 0.05) is 62.5 Å². The second-order valence-electron chi connectivity index (χ2n) is 13.1. The number of anilines is 1. The van der Waals surface area contributed by atoms with E-state index in [1.165, 1.54) is 37.4 Å². The highest BCUT2D eigenvalue weighted by Crippen LogP contribution is 2.50. The van der Waals surface area contributed by atoms with Gasteiger partial charge in [-0.1, -0.05) is 30.3 Å². The van der Waals surface area contributed by atoms with Crippen molar-refractivity contribution in [2.45, 2.75) is 56.1 Å². The maximum Gasteiger partial charge on any atom is 0.318 e. The van der Waals surface area contributed by atoms with Gasteiger partial charge in [-0.3, -0.25) is 14.6 Å². The molecule has 1 unspecified atom stereocenters. The Morgan fingerprint density at radius 2 is 1.62 bits per heavy atom. The fourth-order valence-electron chi connectivity index (χ4n) is 7.43. The molecule has 0 saturated carbocycles. The number of hydrogen-bond acceptors (Lipinski definition) is 9. The number of likely N-dealkylation sites (tertiary alicyclic amines) is 1. The zero-order valence-corrected chi connectivity index (χ0v) is 29.8. The fourth-order valence-corrected chi connectivity index (χ4v) is 9.05. The first-order valence-corrected chi connectivity index (χ1v) is 18.6. The third-order valence-corrected chi connectivity index (χ3v) is 11.8. The van der Waals surface area contributed by atoms with Crippen molar-refractivity contribution in [3.63, 3.8) is 0 Å². The second-order valence-corrected chi connectivity index (χ2v) is 14.8. The number of hydrogen-bond donors (Lipinski definition) is 1. The molecular formula is C37H44N6O6S. The molecule has 3 aliphatic rings. The molecule has 0 spiro atoms. The molecule has 3 aromatic rings. The van der Waals surface area contributed by atoms with Gasteiger partial charge in [0.25, 0.3) is 15.9 Å². The number of ether oxygens (including phenoxy) is 2. The summed E-state index contributed by atoms with van der Waals surface area (Å²) in [5.41, 5.74) is -1.43. The van der Waals surface area contributed by atoms with Crippen molar-refractivity contribution in [2.75, 3.05) is 57.3 Å². The highest BCUT2D eigenvalue weighted by Gasteiger charge is 2.59. The van der Waals surface area contributed by atoms with E-state index in [4.69, 9.17) is 9.47 Å². The first-order valence-electron chi connectivity index (χ1n) is 17.1. The molecule has 0 aliphatic carbocycles. The van der Waals surface area contributed by atoms with Gasteiger partial charge >= 0.3 is 6.03 Å². The van der Waals surface area contributed by atoms with Gasteiger partial charge in [-0.2, -0.15) is 9.57 Å². The van der Waals surface area contributed by atoms with E-state index in [1.54, 1.807) is 48.2 Å². The van der Waals surface area contributed by atoms with Crippen molar-refractivity contribution >= 4 is 27.6 Å². The highest BCUT2D eigenvalue weighted by molar-refractivity contribution is 7.93. The van der Waals surface area contributed by atoms with Gasteiger partial charge in [0.05, 0.1) is 31.0 Å². The van der Waals surface area contributed by atoms with Crippen molar-refractivity contribution in [1.29, 1.82) is 5.26 Å². The van der Waals surface area contributed by atoms with Crippen LogP contribution in [0.15, 0.2) is 71.6 Å². The number of urea groups is 1. The van der Waals surface area contributed by atoms with Gasteiger partial charge in [-0.25, -0.2) is 13.2 Å². The molecule has 264 valence electrons. The summed E-state index contributed by atoms with van der Waals surface area (Å²) in [7, 11) is -3.24. The minimum absolute atomic E-state index is 0.0192. The van der Waals surface area contributed by atoms with Gasteiger partial charge in [0.15, 0.2) is 5.54 Å². The van der Waals surface area contributed by atoms with E-state index in [1.807, 2.05) is 0 Å². The van der Waals surface area contributed by atoms with Crippen LogP contribution in [-0.4, -0.2) is 100 Å². The molecule has 0 radical (unpaired) electrons. The largest absolute Gasteiger partial charge is 0.495 e. The standard InChI is InChI=1S/C37H44N6O6S/c1-5-49-32-11-7-6-10-29(32)37(39-36(45)42-18-16-28(17-19-42)41-22-20-40(21-23-41)26(2)3)30-24-27(25-38)14-15-31(30)43(35(37)44)50(46,47)34-13-9-8-12-33(34)48-4/h6-15,24,26,28H,5,16-23H2,1-4H3,(H,39,45). The maximum absolute atomic E-state index is 15.1. The number of rotatable bonds is 9. The molecule has 50 heavy (non-hydrogen) atoms. The molecular weight excluding hydrogens is 657 g/mol. The van der Waals surface area contributed by atoms with Gasteiger partial charge < -0.3 is 19.7 Å². The van der Waals surface area contributed by atoms with Crippen LogP contribution < -0.4 is 19.1 Å². The van der Waals surface area contributed by atoms with Crippen LogP contribution in [-0.2, 0) is 20.4 Å². The molecule has 12 nitrogen and oxygen atoms in total. The summed E-state index contributed by atoms with van der Waals surface area (Å²) in [4.78, 5) is 36.0. The lowest BCUT2D eigenvalue weighted by atomic mass is 9.82. The Labute approximate surface area is 294 Å². The normalized spacial score (nSPS) is 20.4. The predicted octanol–water partition coefficient (Wildman–Crippen LogP) is 4.14. The number of piperazine rings is 1. The van der Waals surface area contributed by atoms with Crippen LogP contribution in [0.2, 0.25) is 0 Å². The number of para-hydroxylation sites is 2. The number of sulfonamides is 1. The summed E-state index contributed by atoms with van der Waals surface area (Å²) in [6, 6.07) is 19.6. The van der Waals surface area contributed by atoms with Gasteiger partial charge in [0.2, 0.25) is 0 Å². The van der Waals surface area contributed by atoms with Gasteiger partial charge in [-0.15, -0.1) is 0 Å². The molecule has 1 atom stereocenters. The van der Waals surface area contributed by atoms with Crippen LogP contribution in [0.1, 0.15) is 50.3 Å². The first kappa shape index (κ1) is 35.2. The topological polar surface area (TPSA) is 136 Å². The average Bonchev–Trinajstić information content (AvgIpc) is 3.39. The van der Waals surface area contributed by atoms with E-state index in [2.05, 4.69) is 35.0 Å². The number of nitrogens with zero attached hydrogens (tertiary/aromatic N) is 5. The second kappa shape index (κ2) is 14.3. The summed E-state index contributed by atoms with van der Waals surface area (Å²) in [6.07, 6.45) is 1.55. The molecule has 0 bridgehead atoms. The Hall–Kier alpha value is -4.64. The predicted molar refractivity (Wildman–Crippen MR) is 189 cm³/mol. The Morgan fingerprint density at radius 3 is 2.26 bits per heavy atom. The summed E-state index contributed by atoms with van der Waals surface area (Å²) in [5, 5.41) is 13.0. The van der Waals surface area contributed by atoms with Crippen molar-refractivity contribution in [1.82, 2.24) is 20.0 Å². The molecule has 2 fully saturated rings. The summed E-state index contributed by atoms with van der Waals surface area (Å²) < 4.78 is 41.1. The average molecular weight is 701 g/mol. The lowest BCUT2D eigenvalue weighted by molar-refractivity contribution is -0.121. The van der Waals surface area contributed by atoms with Crippen LogP contribution in [0.5, 0.6) is 11.5 Å². The molecule has 0 aromatic heterocycles. The third-order valence-electron chi connectivity index (χ3n) is 10.1. The molecule has 3 aliphatic heterocycles. The monoisotopic (exact) mass is 700 g/mol. The number of piperidine rings is 1. The first-order chi connectivity index (χ1) is 24.1. The number of carbonyl (C=O) groups is 2. The van der Waals surface area contributed by atoms with Crippen LogP contribution >= 0.6 is 0 Å². The number of fused-ring (bicyclic) bond motifs is 1.